The van der Waals surface area contributed by atoms with Crippen molar-refractivity contribution in [3.05, 3.63) is 235 Å². The van der Waals surface area contributed by atoms with Gasteiger partial charge in [0.25, 0.3) is 0 Å². The first kappa shape index (κ1) is 59.8. The van der Waals surface area contributed by atoms with E-state index in [4.69, 9.17) is 42.1 Å². The molecule has 4 heterocycles. The van der Waals surface area contributed by atoms with Gasteiger partial charge in [-0.15, -0.1) is 0 Å². The monoisotopic (exact) mass is 1190 g/mol. The molecule has 16 nitrogen and oxygen atoms in total. The molecule has 0 amide bonds. The number of aliphatic imine (C=N–C) groups is 2. The lowest BCUT2D eigenvalue weighted by Crippen LogP contribution is -2.38. The van der Waals surface area contributed by atoms with Crippen LogP contribution in [0.2, 0.25) is 10.0 Å². The minimum absolute atomic E-state index is 0.140. The number of hydrogen-bond donors (Lipinski definition) is 6. The van der Waals surface area contributed by atoms with Crippen molar-refractivity contribution in [2.75, 3.05) is 14.1 Å². The van der Waals surface area contributed by atoms with Crippen LogP contribution in [-0.2, 0) is 61.9 Å². The number of carbonyl (C=O) groups is 2. The van der Waals surface area contributed by atoms with Gasteiger partial charge < -0.3 is 39.1 Å². The molecule has 6 aromatic carbocycles. The summed E-state index contributed by atoms with van der Waals surface area (Å²) in [6.07, 6.45) is 14.5. The van der Waals surface area contributed by atoms with Crippen molar-refractivity contribution < 1.29 is 38.7 Å². The van der Waals surface area contributed by atoms with Crippen molar-refractivity contribution in [2.45, 2.75) is 78.3 Å². The fraction of sp³-hybridized carbons (Fsp3) is 0.206. The highest BCUT2D eigenvalue weighted by Crippen LogP contribution is 2.38. The average Bonchev–Trinajstić information content (AvgIpc) is 2.63. The predicted octanol–water partition coefficient (Wildman–Crippen LogP) is 13.0. The summed E-state index contributed by atoms with van der Waals surface area (Å²) < 4.78 is 26.0. The van der Waals surface area contributed by atoms with Gasteiger partial charge in [0.15, 0.2) is 0 Å². The van der Waals surface area contributed by atoms with Crippen LogP contribution in [0.15, 0.2) is 168 Å². The number of pyridine rings is 2. The van der Waals surface area contributed by atoms with Gasteiger partial charge in [-0.2, -0.15) is 0 Å². The molecule has 0 fully saturated rings. The molecule has 0 bridgehead atoms. The van der Waals surface area contributed by atoms with Crippen LogP contribution in [0.1, 0.15) is 66.8 Å². The Balaban J connectivity index is 0.857. The first-order valence-corrected chi connectivity index (χ1v) is 28.7. The lowest BCUT2D eigenvalue weighted by molar-refractivity contribution is -0.140. The normalized spacial score (nSPS) is 12.3. The number of fused-ring (bicyclic) bond motifs is 2. The SMILES string of the molecule is CN=Cc1cncc(COc2cc(OCc3cccc(-c4cccc(COc5cc(OCc6cncc(C=NC)c6)c(CNC(Cc6c[nH]c7ccccc67)C(=O)O)cc5Cl)c4C)c3C)c(Cl)cc2CNC(Cc2c[nH]c3ccccc23)C(=O)O)c1. The van der Waals surface area contributed by atoms with Gasteiger partial charge >= 0.3 is 11.9 Å². The largest absolute Gasteiger partial charge is 0.488 e. The van der Waals surface area contributed by atoms with E-state index in [9.17, 15) is 19.8 Å². The fourth-order valence-electron chi connectivity index (χ4n) is 10.4. The zero-order chi connectivity index (χ0) is 60.1. The summed E-state index contributed by atoms with van der Waals surface area (Å²) in [7, 11) is 3.39. The topological polar surface area (TPSA) is 218 Å². The summed E-state index contributed by atoms with van der Waals surface area (Å²) in [4.78, 5) is 48.8. The van der Waals surface area contributed by atoms with Crippen LogP contribution in [-0.4, -0.2) is 80.7 Å². The van der Waals surface area contributed by atoms with Crippen LogP contribution >= 0.6 is 23.2 Å². The third-order valence-corrected chi connectivity index (χ3v) is 15.6. The maximum atomic E-state index is 12.7. The van der Waals surface area contributed by atoms with Crippen LogP contribution in [0.4, 0.5) is 0 Å². The highest BCUT2D eigenvalue weighted by atomic mass is 35.5. The molecule has 0 radical (unpaired) electrons. The first-order chi connectivity index (χ1) is 41.8. The Morgan fingerprint density at radius 1 is 0.523 bits per heavy atom. The Morgan fingerprint density at radius 3 is 1.36 bits per heavy atom. The number of hydrogen-bond acceptors (Lipinski definition) is 12. The Morgan fingerprint density at radius 2 is 0.942 bits per heavy atom. The molecule has 6 N–H and O–H groups in total. The molecule has 0 saturated carbocycles. The van der Waals surface area contributed by atoms with Crippen LogP contribution < -0.4 is 29.6 Å². The summed E-state index contributed by atoms with van der Waals surface area (Å²) in [6, 6.07) is 36.8. The lowest BCUT2D eigenvalue weighted by Gasteiger charge is -2.20. The first-order valence-electron chi connectivity index (χ1n) is 27.9. The van der Waals surface area contributed by atoms with Crippen LogP contribution in [0.3, 0.4) is 0 Å². The molecule has 2 atom stereocenters. The van der Waals surface area contributed by atoms with Gasteiger partial charge in [-0.05, 0) is 94.8 Å². The molecule has 10 aromatic rings. The number of halogens is 2. The van der Waals surface area contributed by atoms with E-state index in [0.29, 0.717) is 44.2 Å². The number of ether oxygens (including phenoxy) is 4. The van der Waals surface area contributed by atoms with E-state index in [2.05, 4.69) is 66.5 Å². The van der Waals surface area contributed by atoms with Crippen molar-refractivity contribution in [1.82, 2.24) is 30.6 Å². The smallest absolute Gasteiger partial charge is 0.321 e. The predicted molar refractivity (Wildman–Crippen MR) is 338 cm³/mol. The third kappa shape index (κ3) is 14.6. The van der Waals surface area contributed by atoms with E-state index in [-0.39, 0.29) is 52.4 Å². The molecule has 2 unspecified atom stereocenters. The standard InChI is InChI=1S/C68H64Cl2N8O8/c1-41-47(39-85-65-25-63(83-37-45-19-43(27-71-3)29-73-31-45)51(21-57(65)69)35-77-61(67(79)80)23-49-33-75-59-17-7-5-13-55(49)59)11-9-15-53(41)54-16-10-12-48(42(54)2)40-86-66-26-64(84-38-46-20-44(28-72-4)30-74-32-46)52(22-58(66)70)36-78-62(68(81)82)24-50-34-76-60-18-8-6-14-56(50)60/h5-22,25-34,61-62,75-78H,23-24,35-40H2,1-4H3,(H,79,80)(H,81,82). The minimum Gasteiger partial charge on any atom is -0.488 e. The van der Waals surface area contributed by atoms with Crippen molar-refractivity contribution in [1.29, 1.82) is 0 Å². The summed E-state index contributed by atoms with van der Waals surface area (Å²) >= 11 is 14.0. The quantitative estimate of drug-likeness (QED) is 0.0265. The summed E-state index contributed by atoms with van der Waals surface area (Å²) in [5.41, 5.74) is 14.1. The molecule has 4 aromatic heterocycles. The van der Waals surface area contributed by atoms with Crippen molar-refractivity contribution in [2.24, 2.45) is 9.98 Å². The van der Waals surface area contributed by atoms with Gasteiger partial charge in [-0.25, -0.2) is 0 Å². The maximum absolute atomic E-state index is 12.7. The van der Waals surface area contributed by atoms with Gasteiger partial charge in [0.1, 0.15) is 61.5 Å². The highest BCUT2D eigenvalue weighted by Gasteiger charge is 2.24. The minimum atomic E-state index is -0.988. The molecule has 10 rings (SSSR count). The number of nitrogens with zero attached hydrogens (tertiary/aromatic N) is 4. The van der Waals surface area contributed by atoms with E-state index in [1.807, 2.05) is 97.3 Å². The van der Waals surface area contributed by atoms with Crippen LogP contribution in [0.25, 0.3) is 32.9 Å². The Kier molecular flexibility index (Phi) is 19.5. The number of H-pyrrole nitrogens is 2. The number of carboxylic acids is 2. The molecular formula is C68H64Cl2N8O8. The van der Waals surface area contributed by atoms with Crippen LogP contribution in [0, 0.1) is 13.8 Å². The van der Waals surface area contributed by atoms with Gasteiger partial charge in [0.2, 0.25) is 0 Å². The number of rotatable bonds is 27. The Hall–Kier alpha value is -9.32. The van der Waals surface area contributed by atoms with E-state index < -0.39 is 24.0 Å². The number of aromatic nitrogens is 4. The number of nitrogens with one attached hydrogen (secondary N) is 4. The second-order valence-corrected chi connectivity index (χ2v) is 21.6. The van der Waals surface area contributed by atoms with E-state index >= 15 is 0 Å². The molecule has 86 heavy (non-hydrogen) atoms. The molecule has 0 spiro atoms. The summed E-state index contributed by atoms with van der Waals surface area (Å²) in [5, 5.41) is 29.8. The van der Waals surface area contributed by atoms with Crippen LogP contribution in [0.5, 0.6) is 23.0 Å². The molecule has 0 aliphatic rings. The number of benzene rings is 6. The second-order valence-electron chi connectivity index (χ2n) is 20.8. The maximum Gasteiger partial charge on any atom is 0.321 e. The molecule has 0 saturated heterocycles. The van der Waals surface area contributed by atoms with Gasteiger partial charge in [0.05, 0.1) is 10.0 Å². The lowest BCUT2D eigenvalue weighted by atomic mass is 9.92. The van der Waals surface area contributed by atoms with Crippen molar-refractivity contribution in [3.63, 3.8) is 0 Å². The fourth-order valence-corrected chi connectivity index (χ4v) is 10.9. The zero-order valence-corrected chi connectivity index (χ0v) is 49.4. The Bertz CT molecular complexity index is 3860. The summed E-state index contributed by atoms with van der Waals surface area (Å²) in [5.74, 6) is -0.275. The Labute approximate surface area is 507 Å². The van der Waals surface area contributed by atoms with Crippen molar-refractivity contribution >= 4 is 69.4 Å². The molecular weight excluding hydrogens is 1130 g/mol. The van der Waals surface area contributed by atoms with Crippen molar-refractivity contribution in [3.8, 4) is 34.1 Å². The number of para-hydroxylation sites is 2. The highest BCUT2D eigenvalue weighted by molar-refractivity contribution is 6.32. The van der Waals surface area contributed by atoms with E-state index in [1.165, 1.54) is 0 Å². The van der Waals surface area contributed by atoms with E-state index in [1.54, 1.807) is 75.6 Å². The van der Waals surface area contributed by atoms with Gasteiger partial charge in [-0.1, -0.05) is 96.0 Å². The molecule has 438 valence electrons. The second kappa shape index (κ2) is 28.0. The zero-order valence-electron chi connectivity index (χ0n) is 47.9. The number of carboxylic acid groups (broad SMARTS) is 2. The van der Waals surface area contributed by atoms with Gasteiger partial charge in [-0.3, -0.25) is 40.2 Å². The number of aromatic amines is 2. The summed E-state index contributed by atoms with van der Waals surface area (Å²) in [6.45, 7) is 5.08. The number of aliphatic carboxylic acids is 2. The molecule has 18 heteroatoms. The van der Waals surface area contributed by atoms with E-state index in [0.717, 1.165) is 88.6 Å². The molecule has 0 aliphatic heterocycles. The van der Waals surface area contributed by atoms with Gasteiger partial charge in [0, 0.05) is 157 Å². The molecule has 0 aliphatic carbocycles. The third-order valence-electron chi connectivity index (χ3n) is 15.0. The average molecular weight is 1190 g/mol.